The third kappa shape index (κ3) is 3.88. The van der Waals surface area contributed by atoms with Crippen LogP contribution in [0.25, 0.3) is 0 Å². The van der Waals surface area contributed by atoms with E-state index in [2.05, 4.69) is 0 Å². The molecule has 3 aromatic rings. The van der Waals surface area contributed by atoms with Crippen LogP contribution in [0.5, 0.6) is 0 Å². The zero-order valence-corrected chi connectivity index (χ0v) is 20.3. The lowest BCUT2D eigenvalue weighted by Crippen LogP contribution is -2.36. The van der Waals surface area contributed by atoms with Gasteiger partial charge in [-0.1, -0.05) is 30.3 Å². The van der Waals surface area contributed by atoms with Crippen LogP contribution in [0.4, 0.5) is 11.4 Å². The van der Waals surface area contributed by atoms with Crippen LogP contribution in [-0.2, 0) is 32.7 Å². The fourth-order valence-corrected chi connectivity index (χ4v) is 6.82. The molecule has 2 aliphatic heterocycles. The molecule has 0 saturated carbocycles. The van der Waals surface area contributed by atoms with Gasteiger partial charge in [-0.15, -0.1) is 0 Å². The second-order valence-corrected chi connectivity index (χ2v) is 12.5. The lowest BCUT2D eigenvalue weighted by atomic mass is 10.0. The summed E-state index contributed by atoms with van der Waals surface area (Å²) in [5, 5.41) is 0. The molecule has 9 heteroatoms. The molecular formula is C25H24N2O5S2. The normalized spacial score (nSPS) is 15.7. The fraction of sp³-hybridized carbons (Fsp3) is 0.240. The van der Waals surface area contributed by atoms with Crippen molar-refractivity contribution in [3.05, 3.63) is 83.4 Å². The minimum absolute atomic E-state index is 0.0529. The van der Waals surface area contributed by atoms with E-state index in [1.54, 1.807) is 35.2 Å². The van der Waals surface area contributed by atoms with Gasteiger partial charge in [-0.3, -0.25) is 9.10 Å². The molecule has 2 heterocycles. The molecule has 7 nitrogen and oxygen atoms in total. The first-order valence-electron chi connectivity index (χ1n) is 11.0. The number of nitrogens with zero attached hydrogens (tertiary/aromatic N) is 2. The number of hydrogen-bond donors (Lipinski definition) is 0. The highest BCUT2D eigenvalue weighted by Crippen LogP contribution is 2.34. The molecular weight excluding hydrogens is 472 g/mol. The van der Waals surface area contributed by atoms with Crippen LogP contribution < -0.4 is 9.21 Å². The molecule has 0 radical (unpaired) electrons. The predicted octanol–water partition coefficient (Wildman–Crippen LogP) is 3.43. The number of amides is 1. The fourth-order valence-electron chi connectivity index (χ4n) is 4.63. The number of carbonyl (C=O) groups is 1. The number of aryl methyl sites for hydroxylation is 1. The summed E-state index contributed by atoms with van der Waals surface area (Å²) in [4.78, 5) is 15.2. The highest BCUT2D eigenvalue weighted by Gasteiger charge is 2.32. The van der Waals surface area contributed by atoms with Gasteiger partial charge in [0, 0.05) is 30.6 Å². The average molecular weight is 497 g/mol. The van der Waals surface area contributed by atoms with Gasteiger partial charge in [-0.25, -0.2) is 16.8 Å². The van der Waals surface area contributed by atoms with Crippen molar-refractivity contribution in [2.75, 3.05) is 28.6 Å². The van der Waals surface area contributed by atoms with E-state index in [4.69, 9.17) is 0 Å². The summed E-state index contributed by atoms with van der Waals surface area (Å²) in [6.45, 7) is 0.781. The molecule has 34 heavy (non-hydrogen) atoms. The molecule has 0 unspecified atom stereocenters. The van der Waals surface area contributed by atoms with Gasteiger partial charge in [0.2, 0.25) is 0 Å². The quantitative estimate of drug-likeness (QED) is 0.552. The summed E-state index contributed by atoms with van der Waals surface area (Å²) in [6.07, 6.45) is 3.25. The van der Waals surface area contributed by atoms with Crippen molar-refractivity contribution in [2.24, 2.45) is 0 Å². The van der Waals surface area contributed by atoms with Crippen LogP contribution >= 0.6 is 0 Å². The summed E-state index contributed by atoms with van der Waals surface area (Å²) in [5.41, 5.74) is 3.33. The van der Waals surface area contributed by atoms with E-state index >= 15 is 0 Å². The molecule has 1 amide bonds. The summed E-state index contributed by atoms with van der Waals surface area (Å²) in [6, 6.07) is 18.3. The van der Waals surface area contributed by atoms with Crippen LogP contribution in [0.15, 0.2) is 76.5 Å². The highest BCUT2D eigenvalue weighted by molar-refractivity contribution is 7.92. The maximum Gasteiger partial charge on any atom is 0.264 e. The second-order valence-electron chi connectivity index (χ2n) is 8.61. The van der Waals surface area contributed by atoms with Gasteiger partial charge < -0.3 is 4.90 Å². The lowest BCUT2D eigenvalue weighted by molar-refractivity contribution is 0.0985. The molecule has 0 fully saturated rings. The molecule has 0 saturated heterocycles. The van der Waals surface area contributed by atoms with Crippen molar-refractivity contribution < 1.29 is 21.6 Å². The van der Waals surface area contributed by atoms with E-state index in [-0.39, 0.29) is 21.3 Å². The van der Waals surface area contributed by atoms with Gasteiger partial charge in [-0.2, -0.15) is 0 Å². The van der Waals surface area contributed by atoms with Crippen molar-refractivity contribution in [1.29, 1.82) is 0 Å². The zero-order valence-electron chi connectivity index (χ0n) is 18.6. The summed E-state index contributed by atoms with van der Waals surface area (Å²) in [5.74, 6) is -0.356. The Morgan fingerprint density at radius 3 is 2.32 bits per heavy atom. The first-order chi connectivity index (χ1) is 16.2. The monoisotopic (exact) mass is 496 g/mol. The van der Waals surface area contributed by atoms with Crippen molar-refractivity contribution >= 4 is 37.1 Å². The minimum atomic E-state index is -3.84. The maximum absolute atomic E-state index is 13.5. The molecule has 0 bridgehead atoms. The number of sulfonamides is 1. The number of fused-ring (bicyclic) bond motifs is 2. The smallest absolute Gasteiger partial charge is 0.264 e. The molecule has 0 atom stereocenters. The van der Waals surface area contributed by atoms with Crippen molar-refractivity contribution in [3.8, 4) is 0 Å². The van der Waals surface area contributed by atoms with Crippen LogP contribution in [-0.4, -0.2) is 42.1 Å². The molecule has 0 aliphatic carbocycles. The van der Waals surface area contributed by atoms with Crippen molar-refractivity contribution in [2.45, 2.75) is 29.1 Å². The van der Waals surface area contributed by atoms with Crippen LogP contribution in [0.1, 0.15) is 27.9 Å². The van der Waals surface area contributed by atoms with Crippen LogP contribution in [0.2, 0.25) is 0 Å². The Labute approximate surface area is 199 Å². The summed E-state index contributed by atoms with van der Waals surface area (Å²) < 4.78 is 52.4. The Kier molecular flexibility index (Phi) is 5.49. The van der Waals surface area contributed by atoms with Gasteiger partial charge in [0.25, 0.3) is 15.9 Å². The molecule has 3 aromatic carbocycles. The number of benzene rings is 3. The van der Waals surface area contributed by atoms with E-state index in [9.17, 15) is 21.6 Å². The SMILES string of the molecule is CS(=O)(=O)c1ccc2c(c1)N(C(=O)c1cccc(S(=O)(=O)N3CCc4ccccc43)c1)CCC2. The number of rotatable bonds is 4. The van der Waals surface area contributed by atoms with E-state index in [0.29, 0.717) is 30.9 Å². The highest BCUT2D eigenvalue weighted by atomic mass is 32.2. The third-order valence-electron chi connectivity index (χ3n) is 6.36. The first-order valence-corrected chi connectivity index (χ1v) is 14.3. The van der Waals surface area contributed by atoms with Gasteiger partial charge >= 0.3 is 0 Å². The molecule has 0 N–H and O–H groups in total. The van der Waals surface area contributed by atoms with Gasteiger partial charge in [-0.05, 0) is 66.8 Å². The van der Waals surface area contributed by atoms with Crippen LogP contribution in [0.3, 0.4) is 0 Å². The zero-order chi connectivity index (χ0) is 24.1. The van der Waals surface area contributed by atoms with Gasteiger partial charge in [0.15, 0.2) is 9.84 Å². The molecule has 2 aliphatic rings. The van der Waals surface area contributed by atoms with Crippen molar-refractivity contribution in [3.63, 3.8) is 0 Å². The Hall–Kier alpha value is -3.17. The van der Waals surface area contributed by atoms with Gasteiger partial charge in [0.05, 0.1) is 15.5 Å². The van der Waals surface area contributed by atoms with E-state index in [1.807, 2.05) is 18.2 Å². The minimum Gasteiger partial charge on any atom is -0.308 e. The number of sulfone groups is 1. The van der Waals surface area contributed by atoms with E-state index < -0.39 is 19.9 Å². The Balaban J connectivity index is 1.50. The van der Waals surface area contributed by atoms with Crippen molar-refractivity contribution in [1.82, 2.24) is 0 Å². The molecule has 0 aromatic heterocycles. The molecule has 176 valence electrons. The largest absolute Gasteiger partial charge is 0.308 e. The maximum atomic E-state index is 13.5. The van der Waals surface area contributed by atoms with E-state index in [1.165, 1.54) is 22.5 Å². The molecule has 0 spiro atoms. The molecule has 5 rings (SSSR count). The standard InChI is InChI=1S/C25H24N2O5S2/c1-33(29,30)21-12-11-18-8-5-14-26(24(18)17-21)25(28)20-7-4-9-22(16-20)34(31,32)27-15-13-19-6-2-3-10-23(19)27/h2-4,6-7,9-12,16-17H,5,8,13-15H2,1H3. The number of hydrogen-bond acceptors (Lipinski definition) is 5. The second kappa shape index (κ2) is 8.25. The third-order valence-corrected chi connectivity index (χ3v) is 9.28. The predicted molar refractivity (Wildman–Crippen MR) is 131 cm³/mol. The Bertz CT molecular complexity index is 1510. The van der Waals surface area contributed by atoms with Crippen LogP contribution in [0, 0.1) is 0 Å². The number of para-hydroxylation sites is 1. The summed E-state index contributed by atoms with van der Waals surface area (Å²) >= 11 is 0. The topological polar surface area (TPSA) is 91.8 Å². The average Bonchev–Trinajstić information content (AvgIpc) is 3.27. The first kappa shape index (κ1) is 22.6. The lowest BCUT2D eigenvalue weighted by Gasteiger charge is -2.30. The number of carbonyl (C=O) groups excluding carboxylic acids is 1. The Morgan fingerprint density at radius 2 is 1.53 bits per heavy atom. The number of anilines is 2. The Morgan fingerprint density at radius 1 is 0.765 bits per heavy atom. The summed E-state index contributed by atoms with van der Waals surface area (Å²) in [7, 11) is -7.28. The van der Waals surface area contributed by atoms with Gasteiger partial charge in [0.1, 0.15) is 0 Å². The van der Waals surface area contributed by atoms with E-state index in [0.717, 1.165) is 30.2 Å².